The van der Waals surface area contributed by atoms with Crippen molar-refractivity contribution in [1.29, 1.82) is 0 Å². The number of hydrogen-bond donors (Lipinski definition) is 0. The van der Waals surface area contributed by atoms with Gasteiger partial charge in [-0.1, -0.05) is 81.1 Å². The van der Waals surface area contributed by atoms with Gasteiger partial charge in [0.25, 0.3) is 0 Å². The van der Waals surface area contributed by atoms with E-state index < -0.39 is 0 Å². The molecule has 3 rings (SSSR count). The van der Waals surface area contributed by atoms with Crippen LogP contribution in [0.2, 0.25) is 0 Å². The quantitative estimate of drug-likeness (QED) is 0.356. The van der Waals surface area contributed by atoms with Gasteiger partial charge in [-0.15, -0.1) is 0 Å². The summed E-state index contributed by atoms with van der Waals surface area (Å²) < 4.78 is 0. The zero-order valence-corrected chi connectivity index (χ0v) is 12.9. The van der Waals surface area contributed by atoms with E-state index in [0.717, 1.165) is 0 Å². The molecule has 108 valence electrons. The predicted octanol–water partition coefficient (Wildman–Crippen LogP) is 6.51. The molecule has 0 radical (unpaired) electrons. The second-order valence-corrected chi connectivity index (χ2v) is 5.96. The summed E-state index contributed by atoms with van der Waals surface area (Å²) in [4.78, 5) is 0. The molecular formula is C21H24. The van der Waals surface area contributed by atoms with Gasteiger partial charge in [-0.2, -0.15) is 0 Å². The Balaban J connectivity index is 1.96. The van der Waals surface area contributed by atoms with Crippen molar-refractivity contribution in [3.05, 3.63) is 60.2 Å². The molecule has 21 heavy (non-hydrogen) atoms. The van der Waals surface area contributed by atoms with E-state index in [0.29, 0.717) is 0 Å². The summed E-state index contributed by atoms with van der Waals surface area (Å²) in [5, 5.41) is 5.62. The molecule has 0 N–H and O–H groups in total. The van der Waals surface area contributed by atoms with Gasteiger partial charge in [0.05, 0.1) is 0 Å². The molecule has 0 heteroatoms. The van der Waals surface area contributed by atoms with Crippen LogP contribution in [-0.4, -0.2) is 0 Å². The molecule has 0 spiro atoms. The Bertz CT molecular complexity index is 670. The highest BCUT2D eigenvalue weighted by Crippen LogP contribution is 2.29. The van der Waals surface area contributed by atoms with Crippen molar-refractivity contribution in [3.63, 3.8) is 0 Å². The molecule has 0 aliphatic rings. The third-order valence-electron chi connectivity index (χ3n) is 4.41. The topological polar surface area (TPSA) is 0 Å². The molecule has 0 bridgehead atoms. The van der Waals surface area contributed by atoms with Crippen LogP contribution in [-0.2, 0) is 6.42 Å². The van der Waals surface area contributed by atoms with Crippen molar-refractivity contribution >= 4 is 21.5 Å². The van der Waals surface area contributed by atoms with Crippen molar-refractivity contribution in [2.45, 2.75) is 45.4 Å². The second-order valence-electron chi connectivity index (χ2n) is 5.96. The van der Waals surface area contributed by atoms with Crippen LogP contribution in [0.15, 0.2) is 54.6 Å². The highest BCUT2D eigenvalue weighted by molar-refractivity contribution is 6.02. The van der Waals surface area contributed by atoms with Crippen LogP contribution < -0.4 is 0 Å². The van der Waals surface area contributed by atoms with Gasteiger partial charge in [0.15, 0.2) is 0 Å². The first-order chi connectivity index (χ1) is 10.4. The molecule has 0 nitrogen and oxygen atoms in total. The summed E-state index contributed by atoms with van der Waals surface area (Å²) in [6, 6.07) is 20.0. The molecule has 0 unspecified atom stereocenters. The van der Waals surface area contributed by atoms with Gasteiger partial charge in [0, 0.05) is 0 Å². The maximum atomic E-state index is 2.32. The maximum absolute atomic E-state index is 2.32. The predicted molar refractivity (Wildman–Crippen MR) is 93.9 cm³/mol. The molecule has 0 aliphatic carbocycles. The van der Waals surface area contributed by atoms with E-state index in [1.807, 2.05) is 0 Å². The van der Waals surface area contributed by atoms with Gasteiger partial charge >= 0.3 is 0 Å². The van der Waals surface area contributed by atoms with E-state index in [1.165, 1.54) is 60.1 Å². The highest BCUT2D eigenvalue weighted by atomic mass is 14.1. The molecule has 3 aromatic carbocycles. The Hall–Kier alpha value is -1.82. The summed E-state index contributed by atoms with van der Waals surface area (Å²) >= 11 is 0. The number of unbranched alkanes of at least 4 members (excludes halogenated alkanes) is 4. The van der Waals surface area contributed by atoms with Gasteiger partial charge < -0.3 is 0 Å². The molecule has 0 heterocycles. The number of hydrogen-bond acceptors (Lipinski definition) is 0. The molecule has 0 saturated carbocycles. The van der Waals surface area contributed by atoms with E-state index in [1.54, 1.807) is 5.56 Å². The van der Waals surface area contributed by atoms with Crippen molar-refractivity contribution in [1.82, 2.24) is 0 Å². The van der Waals surface area contributed by atoms with Crippen LogP contribution >= 0.6 is 0 Å². The maximum Gasteiger partial charge on any atom is -0.0146 e. The zero-order valence-electron chi connectivity index (χ0n) is 12.9. The Morgan fingerprint density at radius 2 is 1.24 bits per heavy atom. The molecule has 0 atom stereocenters. The number of fused-ring (bicyclic) bond motifs is 2. The Morgan fingerprint density at radius 1 is 0.667 bits per heavy atom. The van der Waals surface area contributed by atoms with E-state index >= 15 is 0 Å². The zero-order chi connectivity index (χ0) is 14.5. The van der Waals surface area contributed by atoms with Gasteiger partial charge in [0.1, 0.15) is 0 Å². The summed E-state index contributed by atoms with van der Waals surface area (Å²) in [6.07, 6.45) is 7.92. The van der Waals surface area contributed by atoms with Gasteiger partial charge in [0.2, 0.25) is 0 Å². The van der Waals surface area contributed by atoms with Crippen molar-refractivity contribution in [3.8, 4) is 0 Å². The molecule has 0 aromatic heterocycles. The number of aryl methyl sites for hydroxylation is 1. The molecule has 0 aliphatic heterocycles. The highest BCUT2D eigenvalue weighted by Gasteiger charge is 2.06. The van der Waals surface area contributed by atoms with Crippen LogP contribution in [0, 0.1) is 0 Å². The Morgan fingerprint density at radius 3 is 1.86 bits per heavy atom. The molecule has 0 saturated heterocycles. The van der Waals surface area contributed by atoms with E-state index in [-0.39, 0.29) is 0 Å². The fourth-order valence-corrected chi connectivity index (χ4v) is 3.28. The third kappa shape index (κ3) is 3.10. The van der Waals surface area contributed by atoms with Crippen molar-refractivity contribution in [2.75, 3.05) is 0 Å². The van der Waals surface area contributed by atoms with Gasteiger partial charge in [-0.05, 0) is 46.0 Å². The first kappa shape index (κ1) is 14.1. The largest absolute Gasteiger partial charge is 0.0654 e. The summed E-state index contributed by atoms with van der Waals surface area (Å²) in [5.74, 6) is 0. The van der Waals surface area contributed by atoms with Gasteiger partial charge in [-0.3, -0.25) is 0 Å². The fraction of sp³-hybridized carbons (Fsp3) is 0.333. The standard InChI is InChI=1S/C21H24/c1-2-3-4-5-6-15-21-19-13-9-7-11-17(19)16-18-12-8-10-14-20(18)21/h7-14,16H,2-6,15H2,1H3. The lowest BCUT2D eigenvalue weighted by Gasteiger charge is -2.11. The molecule has 0 amide bonds. The lowest BCUT2D eigenvalue weighted by atomic mass is 9.93. The summed E-state index contributed by atoms with van der Waals surface area (Å²) in [5.41, 5.74) is 1.54. The normalized spacial score (nSPS) is 11.3. The smallest absolute Gasteiger partial charge is 0.0146 e. The van der Waals surface area contributed by atoms with Crippen LogP contribution in [0.25, 0.3) is 21.5 Å². The van der Waals surface area contributed by atoms with Gasteiger partial charge in [-0.25, -0.2) is 0 Å². The molecule has 0 fully saturated rings. The summed E-state index contributed by atoms with van der Waals surface area (Å²) in [6.45, 7) is 2.28. The van der Waals surface area contributed by atoms with Crippen molar-refractivity contribution in [2.24, 2.45) is 0 Å². The molecule has 3 aromatic rings. The second kappa shape index (κ2) is 6.76. The Kier molecular flexibility index (Phi) is 4.55. The SMILES string of the molecule is CCCCCCCc1c2ccccc2cc2ccccc12. The fourth-order valence-electron chi connectivity index (χ4n) is 3.28. The van der Waals surface area contributed by atoms with Crippen LogP contribution in [0.3, 0.4) is 0 Å². The number of rotatable bonds is 6. The Labute approximate surface area is 127 Å². The lowest BCUT2D eigenvalue weighted by Crippen LogP contribution is -1.91. The van der Waals surface area contributed by atoms with E-state index in [2.05, 4.69) is 61.5 Å². The number of benzene rings is 3. The third-order valence-corrected chi connectivity index (χ3v) is 4.41. The van der Waals surface area contributed by atoms with Crippen LogP contribution in [0.1, 0.15) is 44.6 Å². The average Bonchev–Trinajstić information content (AvgIpc) is 2.53. The van der Waals surface area contributed by atoms with Crippen LogP contribution in [0.5, 0.6) is 0 Å². The minimum Gasteiger partial charge on any atom is -0.0654 e. The van der Waals surface area contributed by atoms with E-state index in [9.17, 15) is 0 Å². The minimum absolute atomic E-state index is 1.20. The molecular weight excluding hydrogens is 252 g/mol. The van der Waals surface area contributed by atoms with Crippen LogP contribution in [0.4, 0.5) is 0 Å². The first-order valence-electron chi connectivity index (χ1n) is 8.29. The monoisotopic (exact) mass is 276 g/mol. The lowest BCUT2D eigenvalue weighted by molar-refractivity contribution is 0.634. The first-order valence-corrected chi connectivity index (χ1v) is 8.29. The average molecular weight is 276 g/mol. The summed E-state index contributed by atoms with van der Waals surface area (Å²) in [7, 11) is 0. The minimum atomic E-state index is 1.20. The van der Waals surface area contributed by atoms with Crippen molar-refractivity contribution < 1.29 is 0 Å². The van der Waals surface area contributed by atoms with E-state index in [4.69, 9.17) is 0 Å².